The predicted molar refractivity (Wildman–Crippen MR) is 119 cm³/mol. The number of hydrogen-bond donors (Lipinski definition) is 1. The van der Waals surface area contributed by atoms with Crippen molar-refractivity contribution < 1.29 is 9.53 Å². The van der Waals surface area contributed by atoms with Crippen LogP contribution in [0.15, 0.2) is 30.6 Å². The van der Waals surface area contributed by atoms with E-state index in [4.69, 9.17) is 16.3 Å². The van der Waals surface area contributed by atoms with Crippen molar-refractivity contribution in [3.63, 3.8) is 0 Å². The minimum Gasteiger partial charge on any atom is -0.367 e. The van der Waals surface area contributed by atoms with Gasteiger partial charge in [-0.15, -0.1) is 0 Å². The van der Waals surface area contributed by atoms with Crippen LogP contribution >= 0.6 is 11.6 Å². The van der Waals surface area contributed by atoms with Gasteiger partial charge in [0.05, 0.1) is 23.8 Å². The maximum atomic E-state index is 13.7. The lowest BCUT2D eigenvalue weighted by molar-refractivity contribution is -0.141. The summed E-state index contributed by atoms with van der Waals surface area (Å²) >= 11 is 6.05. The number of ether oxygens (including phenoxy) is 1. The largest absolute Gasteiger partial charge is 0.367 e. The molecular formula is C23H28ClN5O2. The maximum Gasteiger partial charge on any atom is 0.230 e. The van der Waals surface area contributed by atoms with Gasteiger partial charge in [0, 0.05) is 43.3 Å². The quantitative estimate of drug-likeness (QED) is 0.786. The number of nitrogens with one attached hydrogen (secondary N) is 1. The number of piperazine rings is 1. The lowest BCUT2D eigenvalue weighted by Crippen LogP contribution is -2.54. The minimum absolute atomic E-state index is 0.0121. The van der Waals surface area contributed by atoms with Gasteiger partial charge < -0.3 is 19.9 Å². The molecule has 8 heteroatoms. The van der Waals surface area contributed by atoms with Gasteiger partial charge in [-0.2, -0.15) is 0 Å². The molecule has 3 aliphatic heterocycles. The summed E-state index contributed by atoms with van der Waals surface area (Å²) in [5.41, 5.74) is 2.86. The first-order chi connectivity index (χ1) is 15.1. The van der Waals surface area contributed by atoms with E-state index in [9.17, 15) is 4.79 Å². The van der Waals surface area contributed by atoms with Crippen LogP contribution in [0.5, 0.6) is 0 Å². The van der Waals surface area contributed by atoms with E-state index in [0.29, 0.717) is 19.7 Å². The van der Waals surface area contributed by atoms with Crippen molar-refractivity contribution in [3.05, 3.63) is 52.4 Å². The van der Waals surface area contributed by atoms with E-state index in [1.54, 1.807) is 6.33 Å². The van der Waals surface area contributed by atoms with Crippen molar-refractivity contribution in [1.82, 2.24) is 20.2 Å². The Morgan fingerprint density at radius 3 is 2.71 bits per heavy atom. The molecule has 0 saturated carbocycles. The van der Waals surface area contributed by atoms with Crippen LogP contribution in [-0.2, 0) is 22.6 Å². The number of halogens is 1. The van der Waals surface area contributed by atoms with Gasteiger partial charge in [-0.1, -0.05) is 23.7 Å². The smallest absolute Gasteiger partial charge is 0.230 e. The molecule has 2 aromatic rings. The fourth-order valence-corrected chi connectivity index (χ4v) is 5.22. The van der Waals surface area contributed by atoms with Gasteiger partial charge in [-0.3, -0.25) is 4.79 Å². The number of carbonyl (C=O) groups excluding carboxylic acids is 1. The van der Waals surface area contributed by atoms with Gasteiger partial charge in [-0.05, 0) is 44.0 Å². The van der Waals surface area contributed by atoms with Crippen LogP contribution in [0.4, 0.5) is 5.82 Å². The number of carbonyl (C=O) groups is 1. The first-order valence-electron chi connectivity index (χ1n) is 11.0. The molecule has 0 radical (unpaired) electrons. The first-order valence-corrected chi connectivity index (χ1v) is 11.4. The molecule has 0 spiro atoms. The van der Waals surface area contributed by atoms with E-state index in [-0.39, 0.29) is 17.4 Å². The Labute approximate surface area is 187 Å². The van der Waals surface area contributed by atoms with Gasteiger partial charge in [0.2, 0.25) is 5.91 Å². The lowest BCUT2D eigenvalue weighted by Gasteiger charge is -2.40. The Kier molecular flexibility index (Phi) is 5.58. The van der Waals surface area contributed by atoms with Crippen molar-refractivity contribution in [3.8, 4) is 0 Å². The Morgan fingerprint density at radius 1 is 1.23 bits per heavy atom. The molecule has 1 aromatic heterocycles. The second kappa shape index (κ2) is 8.37. The third-order valence-corrected chi connectivity index (χ3v) is 7.09. The molecule has 0 bridgehead atoms. The summed E-state index contributed by atoms with van der Waals surface area (Å²) in [5.74, 6) is 1.22. The predicted octanol–water partition coefficient (Wildman–Crippen LogP) is 2.59. The zero-order valence-electron chi connectivity index (χ0n) is 17.8. The normalized spacial score (nSPS) is 25.7. The van der Waals surface area contributed by atoms with Crippen molar-refractivity contribution in [2.75, 3.05) is 44.2 Å². The number of aromatic nitrogens is 2. The van der Waals surface area contributed by atoms with Crippen LogP contribution in [0.2, 0.25) is 5.02 Å². The summed E-state index contributed by atoms with van der Waals surface area (Å²) in [5, 5.41) is 4.14. The summed E-state index contributed by atoms with van der Waals surface area (Å²) in [7, 11) is 0. The van der Waals surface area contributed by atoms with E-state index in [1.807, 2.05) is 36.1 Å². The summed E-state index contributed by atoms with van der Waals surface area (Å²) in [6, 6.07) is 7.88. The van der Waals surface area contributed by atoms with Gasteiger partial charge in [0.15, 0.2) is 0 Å². The molecule has 1 amide bonds. The molecule has 2 atom stereocenters. The van der Waals surface area contributed by atoms with E-state index >= 15 is 0 Å². The highest BCUT2D eigenvalue weighted by Crippen LogP contribution is 2.36. The number of nitrogens with zero attached hydrogens (tertiary/aromatic N) is 4. The summed E-state index contributed by atoms with van der Waals surface area (Å²) in [4.78, 5) is 26.9. The van der Waals surface area contributed by atoms with Crippen LogP contribution < -0.4 is 10.2 Å². The van der Waals surface area contributed by atoms with Gasteiger partial charge in [0.1, 0.15) is 12.1 Å². The molecule has 2 saturated heterocycles. The van der Waals surface area contributed by atoms with Gasteiger partial charge in [0.25, 0.3) is 0 Å². The van der Waals surface area contributed by atoms with E-state index in [0.717, 1.165) is 66.7 Å². The third-order valence-electron chi connectivity index (χ3n) is 6.84. The number of rotatable bonds is 4. The van der Waals surface area contributed by atoms with Crippen LogP contribution in [0.1, 0.15) is 36.3 Å². The van der Waals surface area contributed by atoms with Gasteiger partial charge >= 0.3 is 0 Å². The number of hydrogen-bond acceptors (Lipinski definition) is 6. The monoisotopic (exact) mass is 441 g/mol. The number of benzene rings is 1. The molecule has 2 fully saturated rings. The number of fused-ring (bicyclic) bond motifs is 1. The molecule has 164 valence electrons. The highest BCUT2D eigenvalue weighted by Gasteiger charge is 2.44. The molecule has 4 heterocycles. The first kappa shape index (κ1) is 20.7. The Balaban J connectivity index is 1.29. The molecular weight excluding hydrogens is 414 g/mol. The fourth-order valence-electron chi connectivity index (χ4n) is 5.09. The molecule has 1 unspecified atom stereocenters. The average Bonchev–Trinajstić information content (AvgIpc) is 3.43. The van der Waals surface area contributed by atoms with Crippen molar-refractivity contribution in [2.45, 2.75) is 32.5 Å². The molecule has 1 N–H and O–H groups in total. The van der Waals surface area contributed by atoms with E-state index in [1.165, 1.54) is 0 Å². The SMILES string of the molecule is C[C@@H]1OCc2ncnc(N3CCN(C(=O)C4(Cc5ccc(Cl)cc5)CCNC4)CC3)c21. The molecule has 0 aliphatic carbocycles. The summed E-state index contributed by atoms with van der Waals surface area (Å²) < 4.78 is 5.75. The fraction of sp³-hybridized carbons (Fsp3) is 0.522. The van der Waals surface area contributed by atoms with Crippen LogP contribution in [0, 0.1) is 5.41 Å². The molecule has 3 aliphatic rings. The lowest BCUT2D eigenvalue weighted by atomic mass is 9.79. The Bertz CT molecular complexity index is 953. The van der Waals surface area contributed by atoms with E-state index < -0.39 is 0 Å². The Hall–Kier alpha value is -2.22. The highest BCUT2D eigenvalue weighted by atomic mass is 35.5. The maximum absolute atomic E-state index is 13.7. The number of amides is 1. The third kappa shape index (κ3) is 3.90. The van der Waals surface area contributed by atoms with Crippen molar-refractivity contribution in [1.29, 1.82) is 0 Å². The number of anilines is 1. The molecule has 5 rings (SSSR count). The standard InChI is InChI=1S/C23H28ClN5O2/c1-16-20-19(13-31-16)26-15-27-21(20)28-8-10-29(11-9-28)22(30)23(6-7-25-14-23)12-17-2-4-18(24)5-3-17/h2-5,15-16,25H,6-14H2,1H3/t16-,23?/m0/s1. The van der Waals surface area contributed by atoms with Crippen molar-refractivity contribution >= 4 is 23.3 Å². The highest BCUT2D eigenvalue weighted by molar-refractivity contribution is 6.30. The topological polar surface area (TPSA) is 70.6 Å². The summed E-state index contributed by atoms with van der Waals surface area (Å²) in [6.07, 6.45) is 3.24. The zero-order valence-corrected chi connectivity index (χ0v) is 18.6. The zero-order chi connectivity index (χ0) is 21.4. The van der Waals surface area contributed by atoms with Crippen molar-refractivity contribution in [2.24, 2.45) is 5.41 Å². The Morgan fingerprint density at radius 2 is 2.00 bits per heavy atom. The molecule has 31 heavy (non-hydrogen) atoms. The van der Waals surface area contributed by atoms with Crippen LogP contribution in [-0.4, -0.2) is 60.0 Å². The van der Waals surface area contributed by atoms with E-state index in [2.05, 4.69) is 20.2 Å². The van der Waals surface area contributed by atoms with Crippen LogP contribution in [0.3, 0.4) is 0 Å². The van der Waals surface area contributed by atoms with Gasteiger partial charge in [-0.25, -0.2) is 9.97 Å². The average molecular weight is 442 g/mol. The minimum atomic E-state index is -0.380. The molecule has 1 aromatic carbocycles. The second-order valence-electron chi connectivity index (χ2n) is 8.80. The van der Waals surface area contributed by atoms with Crippen LogP contribution in [0.25, 0.3) is 0 Å². The molecule has 7 nitrogen and oxygen atoms in total. The summed E-state index contributed by atoms with van der Waals surface area (Å²) in [6.45, 7) is 7.15. The second-order valence-corrected chi connectivity index (χ2v) is 9.24.